The van der Waals surface area contributed by atoms with Crippen LogP contribution in [-0.4, -0.2) is 10.1 Å². The third-order valence-electron chi connectivity index (χ3n) is 3.25. The molecular weight excluding hydrogens is 285 g/mol. The fourth-order valence-corrected chi connectivity index (χ4v) is 2.29. The van der Waals surface area contributed by atoms with Crippen LogP contribution in [0.1, 0.15) is 36.2 Å². The lowest BCUT2D eigenvalue weighted by atomic mass is 10.1. The third-order valence-corrected chi connectivity index (χ3v) is 3.99. The van der Waals surface area contributed by atoms with E-state index in [1.807, 2.05) is 6.07 Å². The lowest BCUT2D eigenvalue weighted by Crippen LogP contribution is -2.14. The Hall–Kier alpha value is -1.10. The van der Waals surface area contributed by atoms with Crippen molar-refractivity contribution in [3.63, 3.8) is 0 Å². The van der Waals surface area contributed by atoms with Crippen LogP contribution in [0.15, 0.2) is 22.7 Å². The average molecular weight is 298 g/mol. The Kier molecular flexibility index (Phi) is 3.48. The maximum atomic E-state index is 6.03. The minimum Gasteiger partial charge on any atom is -0.339 e. The van der Waals surface area contributed by atoms with Crippen LogP contribution >= 0.6 is 23.2 Å². The number of nitrogens with zero attached hydrogens (tertiary/aromatic N) is 2. The number of nitrogens with two attached hydrogens (primary N) is 1. The molecule has 0 aliphatic heterocycles. The largest absolute Gasteiger partial charge is 0.339 e. The lowest BCUT2D eigenvalue weighted by molar-refractivity contribution is 0.373. The minimum atomic E-state index is -0.105. The summed E-state index contributed by atoms with van der Waals surface area (Å²) in [6, 6.07) is 5.34. The molecule has 1 heterocycles. The molecule has 2 aromatic rings. The van der Waals surface area contributed by atoms with E-state index in [0.29, 0.717) is 34.1 Å². The van der Waals surface area contributed by atoms with E-state index in [4.69, 9.17) is 33.5 Å². The van der Waals surface area contributed by atoms with Crippen molar-refractivity contribution in [1.29, 1.82) is 0 Å². The van der Waals surface area contributed by atoms with Gasteiger partial charge in [0, 0.05) is 0 Å². The van der Waals surface area contributed by atoms with Crippen LogP contribution < -0.4 is 5.73 Å². The summed E-state index contributed by atoms with van der Waals surface area (Å²) in [5.74, 6) is 1.65. The molecule has 0 amide bonds. The molecule has 1 fully saturated rings. The second-order valence-corrected chi connectivity index (χ2v) is 5.65. The topological polar surface area (TPSA) is 64.9 Å². The maximum Gasteiger partial charge on any atom is 0.231 e. The third kappa shape index (κ3) is 2.91. The molecule has 0 bridgehead atoms. The van der Waals surface area contributed by atoms with E-state index in [1.54, 1.807) is 12.1 Å². The molecule has 1 aliphatic carbocycles. The highest BCUT2D eigenvalue weighted by molar-refractivity contribution is 6.42. The van der Waals surface area contributed by atoms with Gasteiger partial charge in [-0.25, -0.2) is 0 Å². The molecule has 1 atom stereocenters. The summed E-state index contributed by atoms with van der Waals surface area (Å²) in [5.41, 5.74) is 7.00. The van der Waals surface area contributed by atoms with Gasteiger partial charge in [0.2, 0.25) is 5.89 Å². The van der Waals surface area contributed by atoms with Gasteiger partial charge in [-0.3, -0.25) is 0 Å². The van der Waals surface area contributed by atoms with Crippen LogP contribution in [0.3, 0.4) is 0 Å². The van der Waals surface area contributed by atoms with E-state index in [1.165, 1.54) is 0 Å². The Morgan fingerprint density at radius 3 is 2.79 bits per heavy atom. The molecule has 1 saturated carbocycles. The van der Waals surface area contributed by atoms with Crippen molar-refractivity contribution < 1.29 is 4.52 Å². The molecule has 1 aromatic carbocycles. The number of rotatable bonds is 4. The Morgan fingerprint density at radius 2 is 2.11 bits per heavy atom. The van der Waals surface area contributed by atoms with Gasteiger partial charge < -0.3 is 10.3 Å². The second-order valence-electron chi connectivity index (χ2n) is 4.83. The van der Waals surface area contributed by atoms with E-state index in [0.717, 1.165) is 18.4 Å². The first-order chi connectivity index (χ1) is 9.13. The van der Waals surface area contributed by atoms with Crippen molar-refractivity contribution in [3.05, 3.63) is 45.5 Å². The average Bonchev–Trinajstić information content (AvgIpc) is 3.14. The Morgan fingerprint density at radius 1 is 1.32 bits per heavy atom. The van der Waals surface area contributed by atoms with E-state index < -0.39 is 0 Å². The molecule has 1 aliphatic rings. The summed E-state index contributed by atoms with van der Waals surface area (Å²) in [4.78, 5) is 4.34. The Labute approximate surface area is 120 Å². The maximum absolute atomic E-state index is 6.03. The first-order valence-corrected chi connectivity index (χ1v) is 6.91. The molecule has 100 valence electrons. The van der Waals surface area contributed by atoms with Crippen molar-refractivity contribution in [2.45, 2.75) is 25.3 Å². The van der Waals surface area contributed by atoms with Gasteiger partial charge in [0.25, 0.3) is 0 Å². The van der Waals surface area contributed by atoms with E-state index in [2.05, 4.69) is 10.1 Å². The smallest absolute Gasteiger partial charge is 0.231 e. The number of hydrogen-bond donors (Lipinski definition) is 1. The molecule has 2 N–H and O–H groups in total. The van der Waals surface area contributed by atoms with E-state index in [9.17, 15) is 0 Å². The zero-order chi connectivity index (χ0) is 13.4. The molecule has 0 spiro atoms. The summed E-state index contributed by atoms with van der Waals surface area (Å²) in [6.07, 6.45) is 2.83. The summed E-state index contributed by atoms with van der Waals surface area (Å²) < 4.78 is 5.22. The molecule has 4 nitrogen and oxygen atoms in total. The predicted molar refractivity (Wildman–Crippen MR) is 73.2 cm³/mol. The van der Waals surface area contributed by atoms with Crippen LogP contribution in [0.4, 0.5) is 0 Å². The van der Waals surface area contributed by atoms with Crippen LogP contribution in [0.5, 0.6) is 0 Å². The molecule has 19 heavy (non-hydrogen) atoms. The lowest BCUT2D eigenvalue weighted by Gasteiger charge is -2.02. The van der Waals surface area contributed by atoms with Crippen molar-refractivity contribution >= 4 is 23.2 Å². The zero-order valence-corrected chi connectivity index (χ0v) is 11.7. The van der Waals surface area contributed by atoms with Crippen molar-refractivity contribution in [3.8, 4) is 0 Å². The van der Waals surface area contributed by atoms with Gasteiger partial charge in [0.15, 0.2) is 5.82 Å². The molecular formula is C13H13Cl2N3O. The SMILES string of the molecule is NC(c1noc(Cc2ccc(Cl)c(Cl)c2)n1)C1CC1. The van der Waals surface area contributed by atoms with Crippen LogP contribution in [0, 0.1) is 5.92 Å². The standard InChI is InChI=1S/C13H13Cl2N3O/c14-9-4-1-7(5-10(9)15)6-11-17-13(18-19-11)12(16)8-2-3-8/h1,4-5,8,12H,2-3,6,16H2. The predicted octanol–water partition coefficient (Wildman–Crippen LogP) is 3.38. The summed E-state index contributed by atoms with van der Waals surface area (Å²) in [7, 11) is 0. The van der Waals surface area contributed by atoms with Crippen molar-refractivity contribution in [1.82, 2.24) is 10.1 Å². The van der Waals surface area contributed by atoms with Crippen LogP contribution in [0.25, 0.3) is 0 Å². The van der Waals surface area contributed by atoms with Crippen molar-refractivity contribution in [2.24, 2.45) is 11.7 Å². The zero-order valence-electron chi connectivity index (χ0n) is 10.1. The monoisotopic (exact) mass is 297 g/mol. The highest BCUT2D eigenvalue weighted by Crippen LogP contribution is 2.38. The van der Waals surface area contributed by atoms with E-state index >= 15 is 0 Å². The molecule has 1 aromatic heterocycles. The van der Waals surface area contributed by atoms with Gasteiger partial charge in [-0.05, 0) is 36.5 Å². The minimum absolute atomic E-state index is 0.105. The summed E-state index contributed by atoms with van der Waals surface area (Å²) in [5, 5.41) is 5.00. The van der Waals surface area contributed by atoms with Gasteiger partial charge in [-0.1, -0.05) is 34.4 Å². The Balaban J connectivity index is 1.74. The van der Waals surface area contributed by atoms with Crippen LogP contribution in [0.2, 0.25) is 10.0 Å². The highest BCUT2D eigenvalue weighted by atomic mass is 35.5. The van der Waals surface area contributed by atoms with Gasteiger partial charge in [0.1, 0.15) is 0 Å². The second kappa shape index (κ2) is 5.12. The molecule has 0 saturated heterocycles. The number of benzene rings is 1. The molecule has 0 radical (unpaired) electrons. The highest BCUT2D eigenvalue weighted by Gasteiger charge is 2.32. The summed E-state index contributed by atoms with van der Waals surface area (Å²) >= 11 is 11.8. The molecule has 1 unspecified atom stereocenters. The van der Waals surface area contributed by atoms with Crippen molar-refractivity contribution in [2.75, 3.05) is 0 Å². The Bertz CT molecular complexity index is 595. The quantitative estimate of drug-likeness (QED) is 0.939. The van der Waals surface area contributed by atoms with Gasteiger partial charge in [-0.15, -0.1) is 0 Å². The van der Waals surface area contributed by atoms with Crippen LogP contribution in [-0.2, 0) is 6.42 Å². The summed E-state index contributed by atoms with van der Waals surface area (Å²) in [6.45, 7) is 0. The first kappa shape index (κ1) is 12.9. The van der Waals surface area contributed by atoms with E-state index in [-0.39, 0.29) is 6.04 Å². The number of halogens is 2. The number of hydrogen-bond acceptors (Lipinski definition) is 4. The van der Waals surface area contributed by atoms with Gasteiger partial charge in [-0.2, -0.15) is 4.98 Å². The fraction of sp³-hybridized carbons (Fsp3) is 0.385. The van der Waals surface area contributed by atoms with Gasteiger partial charge in [0.05, 0.1) is 22.5 Å². The molecule has 6 heteroatoms. The van der Waals surface area contributed by atoms with Gasteiger partial charge >= 0.3 is 0 Å². The normalized spacial score (nSPS) is 16.6. The number of aromatic nitrogens is 2. The molecule has 3 rings (SSSR count). The first-order valence-electron chi connectivity index (χ1n) is 6.15. The fourth-order valence-electron chi connectivity index (χ4n) is 1.97.